The molecule has 114 valence electrons. The number of ether oxygens (including phenoxy) is 1. The van der Waals surface area contributed by atoms with Crippen LogP contribution in [-0.4, -0.2) is 37.1 Å². The van der Waals surface area contributed by atoms with Gasteiger partial charge in [0.2, 0.25) is 0 Å². The number of nitrogens with one attached hydrogen (secondary N) is 1. The average molecular weight is 296 g/mol. The molecule has 4 heteroatoms. The lowest BCUT2D eigenvalue weighted by molar-refractivity contribution is -0.152. The molecule has 2 atom stereocenters. The molecular weight excluding hydrogens is 276 g/mol. The SMILES string of the molecule is CN1CCO[C@H]([C@H](Nc2ccccc2)c2ccccc2)C1=O. The number of carbonyl (C=O) groups is 1. The number of nitrogens with zero attached hydrogens (tertiary/aromatic N) is 1. The summed E-state index contributed by atoms with van der Waals surface area (Å²) in [6, 6.07) is 19.7. The summed E-state index contributed by atoms with van der Waals surface area (Å²) in [6.07, 6.45) is -0.513. The molecule has 4 nitrogen and oxygen atoms in total. The van der Waals surface area contributed by atoms with Gasteiger partial charge in [-0.15, -0.1) is 0 Å². The van der Waals surface area contributed by atoms with Crippen LogP contribution in [0.4, 0.5) is 5.69 Å². The Morgan fingerprint density at radius 3 is 2.41 bits per heavy atom. The normalized spacial score (nSPS) is 19.8. The predicted octanol–water partition coefficient (Wildman–Crippen LogP) is 2.70. The first-order valence-corrected chi connectivity index (χ1v) is 7.49. The molecule has 1 amide bonds. The Balaban J connectivity index is 1.91. The molecule has 0 radical (unpaired) electrons. The molecule has 1 saturated heterocycles. The van der Waals surface area contributed by atoms with Gasteiger partial charge in [0.1, 0.15) is 0 Å². The Morgan fingerprint density at radius 2 is 1.73 bits per heavy atom. The van der Waals surface area contributed by atoms with Gasteiger partial charge < -0.3 is 15.0 Å². The van der Waals surface area contributed by atoms with Crippen LogP contribution in [0.15, 0.2) is 60.7 Å². The van der Waals surface area contributed by atoms with Crippen molar-refractivity contribution in [2.75, 3.05) is 25.5 Å². The Morgan fingerprint density at radius 1 is 1.09 bits per heavy atom. The van der Waals surface area contributed by atoms with Gasteiger partial charge in [-0.1, -0.05) is 48.5 Å². The van der Waals surface area contributed by atoms with Gasteiger partial charge in [-0.2, -0.15) is 0 Å². The van der Waals surface area contributed by atoms with Crippen LogP contribution in [0.3, 0.4) is 0 Å². The third-order valence-electron chi connectivity index (χ3n) is 3.90. The molecule has 0 spiro atoms. The van der Waals surface area contributed by atoms with E-state index in [4.69, 9.17) is 4.74 Å². The molecule has 0 aliphatic carbocycles. The van der Waals surface area contributed by atoms with Crippen molar-refractivity contribution in [3.05, 3.63) is 66.2 Å². The Kier molecular flexibility index (Phi) is 4.39. The number of hydrogen-bond acceptors (Lipinski definition) is 3. The summed E-state index contributed by atoms with van der Waals surface area (Å²) in [7, 11) is 1.82. The molecule has 1 heterocycles. The highest BCUT2D eigenvalue weighted by molar-refractivity contribution is 5.83. The number of benzene rings is 2. The van der Waals surface area contributed by atoms with Crippen molar-refractivity contribution in [2.24, 2.45) is 0 Å². The summed E-state index contributed by atoms with van der Waals surface area (Å²) >= 11 is 0. The van der Waals surface area contributed by atoms with Crippen molar-refractivity contribution in [3.8, 4) is 0 Å². The fourth-order valence-electron chi connectivity index (χ4n) is 2.66. The van der Waals surface area contributed by atoms with Crippen LogP contribution in [0.5, 0.6) is 0 Å². The van der Waals surface area contributed by atoms with Gasteiger partial charge in [-0.05, 0) is 17.7 Å². The lowest BCUT2D eigenvalue weighted by Crippen LogP contribution is -2.49. The van der Waals surface area contributed by atoms with Crippen LogP contribution < -0.4 is 5.32 Å². The predicted molar refractivity (Wildman–Crippen MR) is 86.6 cm³/mol. The number of para-hydroxylation sites is 1. The Labute approximate surface area is 130 Å². The zero-order valence-corrected chi connectivity index (χ0v) is 12.6. The third-order valence-corrected chi connectivity index (χ3v) is 3.90. The van der Waals surface area contributed by atoms with E-state index in [-0.39, 0.29) is 11.9 Å². The number of hydrogen-bond donors (Lipinski definition) is 1. The zero-order chi connectivity index (χ0) is 15.4. The van der Waals surface area contributed by atoms with E-state index in [9.17, 15) is 4.79 Å². The van der Waals surface area contributed by atoms with E-state index in [1.54, 1.807) is 4.90 Å². The third kappa shape index (κ3) is 3.12. The van der Waals surface area contributed by atoms with Gasteiger partial charge in [0.25, 0.3) is 5.91 Å². The summed E-state index contributed by atoms with van der Waals surface area (Å²) in [5, 5.41) is 3.44. The maximum atomic E-state index is 12.5. The monoisotopic (exact) mass is 296 g/mol. The largest absolute Gasteiger partial charge is 0.375 e. The quantitative estimate of drug-likeness (QED) is 0.943. The molecule has 3 rings (SSSR count). The molecule has 1 N–H and O–H groups in total. The minimum Gasteiger partial charge on any atom is -0.375 e. The van der Waals surface area contributed by atoms with Gasteiger partial charge in [0.15, 0.2) is 6.10 Å². The molecule has 0 unspecified atom stereocenters. The second-order valence-corrected chi connectivity index (χ2v) is 5.45. The number of morpholine rings is 1. The zero-order valence-electron chi connectivity index (χ0n) is 12.6. The smallest absolute Gasteiger partial charge is 0.254 e. The number of likely N-dealkylation sites (N-methyl/N-ethyl adjacent to an activating group) is 1. The van der Waals surface area contributed by atoms with Crippen LogP contribution in [0, 0.1) is 0 Å². The highest BCUT2D eigenvalue weighted by atomic mass is 16.5. The molecular formula is C18H20N2O2. The molecule has 1 fully saturated rings. The van der Waals surface area contributed by atoms with Gasteiger partial charge in [0, 0.05) is 19.3 Å². The molecule has 22 heavy (non-hydrogen) atoms. The van der Waals surface area contributed by atoms with E-state index in [2.05, 4.69) is 5.32 Å². The molecule has 1 aliphatic rings. The van der Waals surface area contributed by atoms with Crippen molar-refractivity contribution < 1.29 is 9.53 Å². The van der Waals surface area contributed by atoms with Gasteiger partial charge in [-0.25, -0.2) is 0 Å². The average Bonchev–Trinajstić information content (AvgIpc) is 2.57. The fourth-order valence-corrected chi connectivity index (χ4v) is 2.66. The minimum atomic E-state index is -0.513. The summed E-state index contributed by atoms with van der Waals surface area (Å²) < 4.78 is 5.80. The van der Waals surface area contributed by atoms with Crippen molar-refractivity contribution in [1.29, 1.82) is 0 Å². The highest BCUT2D eigenvalue weighted by Crippen LogP contribution is 2.27. The van der Waals surface area contributed by atoms with Gasteiger partial charge >= 0.3 is 0 Å². The summed E-state index contributed by atoms with van der Waals surface area (Å²) in [5.74, 6) is 0.0172. The topological polar surface area (TPSA) is 41.6 Å². The lowest BCUT2D eigenvalue weighted by Gasteiger charge is -2.35. The van der Waals surface area contributed by atoms with Crippen LogP contribution in [-0.2, 0) is 9.53 Å². The molecule has 0 bridgehead atoms. The van der Waals surface area contributed by atoms with E-state index in [1.807, 2.05) is 67.7 Å². The summed E-state index contributed by atoms with van der Waals surface area (Å²) in [4.78, 5) is 14.2. The maximum absolute atomic E-state index is 12.5. The Hall–Kier alpha value is -2.33. The number of anilines is 1. The highest BCUT2D eigenvalue weighted by Gasteiger charge is 2.35. The second-order valence-electron chi connectivity index (χ2n) is 5.45. The van der Waals surface area contributed by atoms with Crippen molar-refractivity contribution in [1.82, 2.24) is 4.90 Å². The first-order valence-electron chi connectivity index (χ1n) is 7.49. The lowest BCUT2D eigenvalue weighted by atomic mass is 9.99. The van der Waals surface area contributed by atoms with Crippen LogP contribution >= 0.6 is 0 Å². The van der Waals surface area contributed by atoms with E-state index >= 15 is 0 Å². The second kappa shape index (κ2) is 6.62. The molecule has 0 saturated carbocycles. The minimum absolute atomic E-state index is 0.0172. The first-order chi connectivity index (χ1) is 10.8. The first kappa shape index (κ1) is 14.6. The van der Waals surface area contributed by atoms with Crippen LogP contribution in [0.1, 0.15) is 11.6 Å². The van der Waals surface area contributed by atoms with E-state index in [0.717, 1.165) is 11.3 Å². The van der Waals surface area contributed by atoms with Crippen LogP contribution in [0.25, 0.3) is 0 Å². The van der Waals surface area contributed by atoms with Crippen molar-refractivity contribution in [3.63, 3.8) is 0 Å². The summed E-state index contributed by atoms with van der Waals surface area (Å²) in [6.45, 7) is 1.20. The van der Waals surface area contributed by atoms with E-state index in [0.29, 0.717) is 13.2 Å². The van der Waals surface area contributed by atoms with E-state index in [1.165, 1.54) is 0 Å². The molecule has 1 aliphatic heterocycles. The standard InChI is InChI=1S/C18H20N2O2/c1-20-12-13-22-17(18(20)21)16(14-8-4-2-5-9-14)19-15-10-6-3-7-11-15/h2-11,16-17,19H,12-13H2,1H3/t16-,17-/m1/s1. The van der Waals surface area contributed by atoms with Gasteiger partial charge in [-0.3, -0.25) is 4.79 Å². The maximum Gasteiger partial charge on any atom is 0.254 e. The van der Waals surface area contributed by atoms with Gasteiger partial charge in [0.05, 0.1) is 12.6 Å². The molecule has 0 aromatic heterocycles. The summed E-state index contributed by atoms with van der Waals surface area (Å²) in [5.41, 5.74) is 2.01. The van der Waals surface area contributed by atoms with Crippen molar-refractivity contribution in [2.45, 2.75) is 12.1 Å². The van der Waals surface area contributed by atoms with E-state index < -0.39 is 6.10 Å². The number of amides is 1. The van der Waals surface area contributed by atoms with Crippen LogP contribution in [0.2, 0.25) is 0 Å². The fraction of sp³-hybridized carbons (Fsp3) is 0.278. The Bertz CT molecular complexity index is 615. The van der Waals surface area contributed by atoms with Crippen molar-refractivity contribution >= 4 is 11.6 Å². The molecule has 2 aromatic carbocycles. The number of rotatable bonds is 4. The molecule has 2 aromatic rings. The number of carbonyl (C=O) groups excluding carboxylic acids is 1.